The zero-order valence-corrected chi connectivity index (χ0v) is 16.5. The minimum absolute atomic E-state index is 0.0294. The predicted octanol–water partition coefficient (Wildman–Crippen LogP) is 1.63. The van der Waals surface area contributed by atoms with Gasteiger partial charge in [-0.2, -0.15) is 0 Å². The van der Waals surface area contributed by atoms with E-state index in [0.717, 1.165) is 0 Å². The Hall–Kier alpha value is -1.28. The molecule has 5 N–H and O–H groups in total. The molecule has 0 aromatic heterocycles. The molecule has 1 amide bonds. The van der Waals surface area contributed by atoms with Crippen molar-refractivity contribution in [1.82, 2.24) is 5.32 Å². The van der Waals surface area contributed by atoms with Crippen molar-refractivity contribution in [2.45, 2.75) is 71.2 Å². The topological polar surface area (TPSA) is 156 Å². The number of unbranched alkanes of at least 4 members (excludes halogenated alkanes) is 1. The van der Waals surface area contributed by atoms with E-state index in [-0.39, 0.29) is 25.0 Å². The van der Waals surface area contributed by atoms with Crippen LogP contribution < -0.4 is 11.1 Å². The van der Waals surface area contributed by atoms with Crippen LogP contribution in [0.3, 0.4) is 0 Å². The number of carbonyl (C=O) groups is 3. The lowest BCUT2D eigenvalue weighted by atomic mass is 10.1. The number of carbonyl (C=O) groups excluding carboxylic acids is 2. The molecule has 0 heterocycles. The zero-order valence-electron chi connectivity index (χ0n) is 15.6. The van der Waals surface area contributed by atoms with Crippen molar-refractivity contribution < 1.29 is 33.5 Å². The molecule has 26 heavy (non-hydrogen) atoms. The van der Waals surface area contributed by atoms with Crippen molar-refractivity contribution in [2.24, 2.45) is 11.7 Å². The predicted molar refractivity (Wildman–Crippen MR) is 96.5 cm³/mol. The number of rotatable bonds is 14. The number of carboxylic acid groups (broad SMARTS) is 1. The summed E-state index contributed by atoms with van der Waals surface area (Å²) in [4.78, 5) is 44.4. The van der Waals surface area contributed by atoms with Crippen molar-refractivity contribution in [3.63, 3.8) is 0 Å². The summed E-state index contributed by atoms with van der Waals surface area (Å²) in [5.74, 6) is -3.56. The molecule has 0 saturated heterocycles. The molecule has 0 bridgehead atoms. The Balaban J connectivity index is 4.95. The molecule has 9 nitrogen and oxygen atoms in total. The monoisotopic (exact) mass is 394 g/mol. The molecule has 0 radical (unpaired) electrons. The van der Waals surface area contributed by atoms with Crippen LogP contribution in [0.2, 0.25) is 0 Å². The third-order valence-corrected chi connectivity index (χ3v) is 5.68. The average Bonchev–Trinajstić information content (AvgIpc) is 2.50. The fourth-order valence-corrected chi connectivity index (χ4v) is 4.06. The molecule has 0 fully saturated rings. The maximum Gasteiger partial charge on any atom is 0.351 e. The largest absolute Gasteiger partial charge is 0.479 e. The van der Waals surface area contributed by atoms with Gasteiger partial charge < -0.3 is 25.8 Å². The molecule has 0 spiro atoms. The van der Waals surface area contributed by atoms with Crippen LogP contribution in [0.1, 0.15) is 59.3 Å². The highest BCUT2D eigenvalue weighted by Gasteiger charge is 2.40. The molecular weight excluding hydrogens is 363 g/mol. The van der Waals surface area contributed by atoms with Crippen LogP contribution in [-0.2, 0) is 23.5 Å². The van der Waals surface area contributed by atoms with E-state index in [2.05, 4.69) is 5.32 Å². The highest BCUT2D eigenvalue weighted by atomic mass is 31.2. The van der Waals surface area contributed by atoms with Crippen LogP contribution in [0.25, 0.3) is 0 Å². The van der Waals surface area contributed by atoms with Gasteiger partial charge in [0.05, 0.1) is 0 Å². The molecule has 0 aliphatic heterocycles. The van der Waals surface area contributed by atoms with Gasteiger partial charge in [0.1, 0.15) is 11.6 Å². The number of hydrogen-bond donors (Lipinski definition) is 4. The number of nitrogens with one attached hydrogen (secondary N) is 1. The minimum atomic E-state index is -4.43. The smallest absolute Gasteiger partial charge is 0.351 e. The van der Waals surface area contributed by atoms with Gasteiger partial charge >= 0.3 is 13.6 Å². The first-order valence-corrected chi connectivity index (χ1v) is 10.4. The lowest BCUT2D eigenvalue weighted by Crippen LogP contribution is -2.40. The maximum atomic E-state index is 12.6. The lowest BCUT2D eigenvalue weighted by molar-refractivity contribution is -0.145. The van der Waals surface area contributed by atoms with Crippen LogP contribution in [0.5, 0.6) is 0 Å². The number of hydrogen-bond acceptors (Lipinski definition) is 6. The Morgan fingerprint density at radius 1 is 1.15 bits per heavy atom. The van der Waals surface area contributed by atoms with Gasteiger partial charge in [-0.25, -0.2) is 4.79 Å². The van der Waals surface area contributed by atoms with Gasteiger partial charge in [0.25, 0.3) is 0 Å². The summed E-state index contributed by atoms with van der Waals surface area (Å²) in [5, 5.41) is 11.6. The van der Waals surface area contributed by atoms with E-state index in [1.54, 1.807) is 13.8 Å². The van der Waals surface area contributed by atoms with Crippen LogP contribution >= 0.6 is 7.60 Å². The van der Waals surface area contributed by atoms with Crippen LogP contribution in [-0.4, -0.2) is 46.1 Å². The first kappa shape index (κ1) is 24.7. The molecule has 0 rings (SSSR count). The van der Waals surface area contributed by atoms with E-state index in [1.165, 1.54) is 6.92 Å². The highest BCUT2D eigenvalue weighted by Crippen LogP contribution is 2.50. The Morgan fingerprint density at radius 2 is 1.77 bits per heavy atom. The number of nitrogens with two attached hydrogens (primary N) is 1. The maximum absolute atomic E-state index is 12.6. The van der Waals surface area contributed by atoms with Crippen LogP contribution in [0.15, 0.2) is 0 Å². The van der Waals surface area contributed by atoms with Gasteiger partial charge in [-0.15, -0.1) is 0 Å². The van der Waals surface area contributed by atoms with Gasteiger partial charge in [0.2, 0.25) is 5.91 Å². The number of carboxylic acids is 1. The molecule has 0 aliphatic rings. The Bertz CT molecular complexity index is 525. The Kier molecular flexibility index (Phi) is 11.6. The molecule has 3 unspecified atom stereocenters. The van der Waals surface area contributed by atoms with Crippen molar-refractivity contribution in [1.29, 1.82) is 0 Å². The Labute approximate surface area is 154 Å². The first-order valence-electron chi connectivity index (χ1n) is 8.73. The fourth-order valence-electron chi connectivity index (χ4n) is 2.30. The fraction of sp³-hybridized carbons (Fsp3) is 0.812. The minimum Gasteiger partial charge on any atom is -0.479 e. The second kappa shape index (κ2) is 12.2. The van der Waals surface area contributed by atoms with E-state index in [0.29, 0.717) is 25.8 Å². The summed E-state index contributed by atoms with van der Waals surface area (Å²) < 4.78 is 17.6. The molecule has 0 aromatic carbocycles. The third kappa shape index (κ3) is 10.0. The molecular formula is C16H31N2O7P. The van der Waals surface area contributed by atoms with Crippen LogP contribution in [0, 0.1) is 5.92 Å². The molecule has 0 saturated carbocycles. The standard InChI is InChI=1S/C16H31N2O7P/c1-11(2)15(18-14(20)9-6-7-12(3)19)26(23,24)25-13(16(21)22)8-4-5-10-17/h11,13,15H,4-10,17H2,1-3H3,(H,18,20)(H,21,22)(H,23,24). The number of amides is 1. The van der Waals surface area contributed by atoms with E-state index in [1.807, 2.05) is 0 Å². The third-order valence-electron chi connectivity index (χ3n) is 3.70. The van der Waals surface area contributed by atoms with Gasteiger partial charge in [-0.3, -0.25) is 13.9 Å². The molecule has 0 aliphatic carbocycles. The van der Waals surface area contributed by atoms with E-state index < -0.39 is 37.3 Å². The van der Waals surface area contributed by atoms with Crippen molar-refractivity contribution >= 4 is 25.3 Å². The van der Waals surface area contributed by atoms with E-state index in [4.69, 9.17) is 10.3 Å². The summed E-state index contributed by atoms with van der Waals surface area (Å²) in [5.41, 5.74) is 5.36. The number of ketones is 1. The lowest BCUT2D eigenvalue weighted by Gasteiger charge is -2.28. The second-order valence-corrected chi connectivity index (χ2v) is 8.49. The number of Topliss-reactive ketones (excluding diaryl/α,β-unsaturated/α-hetero) is 1. The summed E-state index contributed by atoms with van der Waals surface area (Å²) in [6, 6.07) is 0. The Morgan fingerprint density at radius 3 is 2.23 bits per heavy atom. The van der Waals surface area contributed by atoms with Crippen molar-refractivity contribution in [3.8, 4) is 0 Å². The van der Waals surface area contributed by atoms with Gasteiger partial charge in [-0.05, 0) is 45.1 Å². The summed E-state index contributed by atoms with van der Waals surface area (Å²) in [7, 11) is -4.43. The first-order chi connectivity index (χ1) is 12.0. The van der Waals surface area contributed by atoms with E-state index >= 15 is 0 Å². The molecule has 0 aromatic rings. The molecule has 152 valence electrons. The van der Waals surface area contributed by atoms with Crippen molar-refractivity contribution in [2.75, 3.05) is 6.54 Å². The molecule has 10 heteroatoms. The van der Waals surface area contributed by atoms with E-state index in [9.17, 15) is 28.9 Å². The normalized spacial score (nSPS) is 15.9. The summed E-state index contributed by atoms with van der Waals surface area (Å²) in [6.07, 6.45) is 0.221. The number of aliphatic carboxylic acids is 1. The van der Waals surface area contributed by atoms with Gasteiger partial charge in [0.15, 0.2) is 6.10 Å². The second-order valence-electron chi connectivity index (χ2n) is 6.59. The average molecular weight is 394 g/mol. The van der Waals surface area contributed by atoms with Gasteiger partial charge in [-0.1, -0.05) is 13.8 Å². The molecule has 3 atom stereocenters. The van der Waals surface area contributed by atoms with Crippen LogP contribution in [0.4, 0.5) is 0 Å². The summed E-state index contributed by atoms with van der Waals surface area (Å²) >= 11 is 0. The van der Waals surface area contributed by atoms with Crippen molar-refractivity contribution in [3.05, 3.63) is 0 Å². The highest BCUT2D eigenvalue weighted by molar-refractivity contribution is 7.53. The SMILES string of the molecule is CC(=O)CCCC(=O)NC(C(C)C)P(=O)(O)OC(CCCCN)C(=O)O. The van der Waals surface area contributed by atoms with Gasteiger partial charge in [0, 0.05) is 12.8 Å². The quantitative estimate of drug-likeness (QED) is 0.256. The summed E-state index contributed by atoms with van der Waals surface area (Å²) in [6.45, 7) is 5.04. The zero-order chi connectivity index (χ0) is 20.3.